The molecule has 3 aromatic rings. The number of nitrogens with one attached hydrogen (secondary N) is 2. The number of fused-ring (bicyclic) bond motifs is 1. The third kappa shape index (κ3) is 3.68. The van der Waals surface area contributed by atoms with Crippen molar-refractivity contribution in [3.63, 3.8) is 0 Å². The van der Waals surface area contributed by atoms with Crippen LogP contribution in [0.15, 0.2) is 35.1 Å². The van der Waals surface area contributed by atoms with E-state index in [1.807, 2.05) is 6.92 Å². The third-order valence-electron chi connectivity index (χ3n) is 3.44. The number of nitrogens with zero attached hydrogens (tertiary/aromatic N) is 3. The van der Waals surface area contributed by atoms with Crippen molar-refractivity contribution in [2.75, 3.05) is 23.7 Å². The van der Waals surface area contributed by atoms with E-state index in [9.17, 15) is 4.79 Å². The number of rotatable bonds is 6. The van der Waals surface area contributed by atoms with E-state index in [0.29, 0.717) is 16.6 Å². The van der Waals surface area contributed by atoms with Crippen LogP contribution in [-0.2, 0) is 6.42 Å². The van der Waals surface area contributed by atoms with Crippen LogP contribution in [0.4, 0.5) is 10.8 Å². The van der Waals surface area contributed by atoms with Crippen molar-refractivity contribution in [2.24, 2.45) is 0 Å². The van der Waals surface area contributed by atoms with Crippen LogP contribution < -0.4 is 16.2 Å². The van der Waals surface area contributed by atoms with Gasteiger partial charge in [0, 0.05) is 30.5 Å². The van der Waals surface area contributed by atoms with Crippen LogP contribution in [0.2, 0.25) is 0 Å². The molecular formula is C16H19N5OS. The Morgan fingerprint density at radius 2 is 1.91 bits per heavy atom. The average Bonchev–Trinajstić information content (AvgIpc) is 2.96. The number of hydrogen-bond acceptors (Lipinski definition) is 6. The van der Waals surface area contributed by atoms with Gasteiger partial charge in [-0.2, -0.15) is 4.52 Å². The largest absolute Gasteiger partial charge is 0.383 e. The number of anilines is 2. The summed E-state index contributed by atoms with van der Waals surface area (Å²) in [5, 5.41) is 11.5. The highest BCUT2D eigenvalue weighted by molar-refractivity contribution is 7.20. The molecular weight excluding hydrogens is 310 g/mol. The fourth-order valence-electron chi connectivity index (χ4n) is 2.16. The van der Waals surface area contributed by atoms with Gasteiger partial charge < -0.3 is 10.6 Å². The van der Waals surface area contributed by atoms with Gasteiger partial charge in [0.25, 0.3) is 5.56 Å². The maximum atomic E-state index is 11.9. The molecule has 0 unspecified atom stereocenters. The van der Waals surface area contributed by atoms with Crippen molar-refractivity contribution >= 4 is 27.1 Å². The minimum absolute atomic E-state index is 0.131. The molecule has 0 aliphatic rings. The minimum Gasteiger partial charge on any atom is -0.383 e. The SMILES string of the molecule is CCc1cc(=O)n2nc(NCCNc3ccc(C)cc3)sc2n1. The van der Waals surface area contributed by atoms with Gasteiger partial charge in [-0.25, -0.2) is 4.98 Å². The zero-order valence-corrected chi connectivity index (χ0v) is 14.0. The second-order valence-electron chi connectivity index (χ2n) is 5.26. The molecule has 0 aliphatic heterocycles. The first-order valence-electron chi connectivity index (χ1n) is 7.60. The normalized spacial score (nSPS) is 10.9. The number of aryl methyl sites for hydroxylation is 2. The first-order chi connectivity index (χ1) is 11.2. The molecule has 6 nitrogen and oxygen atoms in total. The second kappa shape index (κ2) is 6.78. The smallest absolute Gasteiger partial charge is 0.275 e. The van der Waals surface area contributed by atoms with Crippen LogP contribution in [-0.4, -0.2) is 27.7 Å². The quantitative estimate of drug-likeness (QED) is 0.680. The molecule has 0 saturated carbocycles. The average molecular weight is 329 g/mol. The highest BCUT2D eigenvalue weighted by atomic mass is 32.1. The molecule has 0 atom stereocenters. The third-order valence-corrected chi connectivity index (χ3v) is 4.31. The highest BCUT2D eigenvalue weighted by Gasteiger charge is 2.07. The van der Waals surface area contributed by atoms with Crippen LogP contribution in [0.3, 0.4) is 0 Å². The van der Waals surface area contributed by atoms with Crippen molar-refractivity contribution in [2.45, 2.75) is 20.3 Å². The first-order valence-corrected chi connectivity index (χ1v) is 8.41. The lowest BCUT2D eigenvalue weighted by Crippen LogP contribution is -2.16. The molecule has 0 radical (unpaired) electrons. The Balaban J connectivity index is 1.60. The van der Waals surface area contributed by atoms with Gasteiger partial charge >= 0.3 is 0 Å². The molecule has 0 amide bonds. The van der Waals surface area contributed by atoms with Gasteiger partial charge in [-0.15, -0.1) is 5.10 Å². The molecule has 2 aromatic heterocycles. The molecule has 0 fully saturated rings. The van der Waals surface area contributed by atoms with Crippen molar-refractivity contribution in [3.8, 4) is 0 Å². The number of hydrogen-bond donors (Lipinski definition) is 2. The van der Waals surface area contributed by atoms with Crippen molar-refractivity contribution < 1.29 is 0 Å². The maximum absolute atomic E-state index is 11.9. The summed E-state index contributed by atoms with van der Waals surface area (Å²) in [6.07, 6.45) is 0.743. The van der Waals surface area contributed by atoms with Crippen LogP contribution in [0.1, 0.15) is 18.2 Å². The first kappa shape index (κ1) is 15.5. The topological polar surface area (TPSA) is 71.3 Å². The van der Waals surface area contributed by atoms with Gasteiger partial charge in [0.1, 0.15) is 0 Å². The summed E-state index contributed by atoms with van der Waals surface area (Å²) < 4.78 is 1.35. The second-order valence-corrected chi connectivity index (χ2v) is 6.22. The summed E-state index contributed by atoms with van der Waals surface area (Å²) in [6, 6.07) is 9.81. The van der Waals surface area contributed by atoms with Gasteiger partial charge in [0.15, 0.2) is 0 Å². The molecule has 0 saturated heterocycles. The van der Waals surface area contributed by atoms with Crippen LogP contribution >= 0.6 is 11.3 Å². The number of benzene rings is 1. The summed E-state index contributed by atoms with van der Waals surface area (Å²) in [5.41, 5.74) is 3.00. The van der Waals surface area contributed by atoms with Gasteiger partial charge in [0.05, 0.1) is 0 Å². The fourth-order valence-corrected chi connectivity index (χ4v) is 3.01. The molecule has 23 heavy (non-hydrogen) atoms. The zero-order chi connectivity index (χ0) is 16.2. The van der Waals surface area contributed by atoms with E-state index in [2.05, 4.69) is 51.9 Å². The Kier molecular flexibility index (Phi) is 4.57. The summed E-state index contributed by atoms with van der Waals surface area (Å²) in [5.74, 6) is 0. The minimum atomic E-state index is -0.131. The van der Waals surface area contributed by atoms with Crippen molar-refractivity contribution in [1.29, 1.82) is 0 Å². The fraction of sp³-hybridized carbons (Fsp3) is 0.312. The molecule has 7 heteroatoms. The van der Waals surface area contributed by atoms with Gasteiger partial charge in [0.2, 0.25) is 10.1 Å². The van der Waals surface area contributed by atoms with Crippen LogP contribution in [0.5, 0.6) is 0 Å². The Bertz CT molecular complexity index is 853. The van der Waals surface area contributed by atoms with E-state index >= 15 is 0 Å². The molecule has 3 rings (SSSR count). The maximum Gasteiger partial charge on any atom is 0.275 e. The summed E-state index contributed by atoms with van der Waals surface area (Å²) in [4.78, 5) is 17.0. The van der Waals surface area contributed by atoms with Gasteiger partial charge in [-0.05, 0) is 25.5 Å². The molecule has 2 N–H and O–H groups in total. The Morgan fingerprint density at radius 3 is 2.65 bits per heavy atom. The monoisotopic (exact) mass is 329 g/mol. The van der Waals surface area contributed by atoms with E-state index in [1.54, 1.807) is 0 Å². The van der Waals surface area contributed by atoms with E-state index in [1.165, 1.54) is 27.5 Å². The summed E-state index contributed by atoms with van der Waals surface area (Å²) in [6.45, 7) is 5.53. The van der Waals surface area contributed by atoms with E-state index < -0.39 is 0 Å². The predicted molar refractivity (Wildman–Crippen MR) is 94.7 cm³/mol. The molecule has 120 valence electrons. The summed E-state index contributed by atoms with van der Waals surface area (Å²) >= 11 is 1.39. The van der Waals surface area contributed by atoms with Gasteiger partial charge in [-0.3, -0.25) is 4.79 Å². The molecule has 0 bridgehead atoms. The molecule has 2 heterocycles. The van der Waals surface area contributed by atoms with Crippen molar-refractivity contribution in [3.05, 3.63) is 51.9 Å². The van der Waals surface area contributed by atoms with E-state index in [4.69, 9.17) is 0 Å². The predicted octanol–water partition coefficient (Wildman–Crippen LogP) is 2.55. The highest BCUT2D eigenvalue weighted by Crippen LogP contribution is 2.16. The Morgan fingerprint density at radius 1 is 1.17 bits per heavy atom. The van der Waals surface area contributed by atoms with Crippen LogP contribution in [0.25, 0.3) is 4.96 Å². The lowest BCUT2D eigenvalue weighted by molar-refractivity contribution is 0.874. The zero-order valence-electron chi connectivity index (χ0n) is 13.2. The molecule has 0 spiro atoms. The van der Waals surface area contributed by atoms with Gasteiger partial charge in [-0.1, -0.05) is 36.0 Å². The number of aromatic nitrogens is 3. The summed E-state index contributed by atoms with van der Waals surface area (Å²) in [7, 11) is 0. The van der Waals surface area contributed by atoms with Crippen LogP contribution in [0, 0.1) is 6.92 Å². The van der Waals surface area contributed by atoms with Crippen molar-refractivity contribution in [1.82, 2.24) is 14.6 Å². The molecule has 0 aliphatic carbocycles. The van der Waals surface area contributed by atoms with E-state index in [-0.39, 0.29) is 5.56 Å². The lowest BCUT2D eigenvalue weighted by atomic mass is 10.2. The Hall–Kier alpha value is -2.41. The standard InChI is InChI=1S/C16H19N5OS/c1-3-12-10-14(22)21-16(19-12)23-15(20-21)18-9-8-17-13-6-4-11(2)5-7-13/h4-7,10,17H,3,8-9H2,1-2H3,(H,18,20). The Labute approximate surface area is 138 Å². The van der Waals surface area contributed by atoms with E-state index in [0.717, 1.165) is 24.3 Å². The molecule has 1 aromatic carbocycles. The lowest BCUT2D eigenvalue weighted by Gasteiger charge is -2.06.